The van der Waals surface area contributed by atoms with E-state index in [4.69, 9.17) is 10.5 Å². The van der Waals surface area contributed by atoms with Crippen molar-refractivity contribution in [2.75, 3.05) is 43.9 Å². The molecule has 1 aromatic carbocycles. The second-order valence-electron chi connectivity index (χ2n) is 5.16. The summed E-state index contributed by atoms with van der Waals surface area (Å²) in [7, 11) is 1.55. The Morgan fingerprint density at radius 3 is 2.70 bits per heavy atom. The van der Waals surface area contributed by atoms with Crippen LogP contribution in [0.25, 0.3) is 0 Å². The normalized spacial score (nSPS) is 18.9. The number of likely N-dealkylation sites (N-methyl/N-ethyl adjacent to an activating group) is 1. The van der Waals surface area contributed by atoms with Crippen molar-refractivity contribution < 1.29 is 9.13 Å². The third-order valence-corrected chi connectivity index (χ3v) is 4.13. The van der Waals surface area contributed by atoms with E-state index < -0.39 is 0 Å². The maximum Gasteiger partial charge on any atom is 0.148 e. The van der Waals surface area contributed by atoms with Gasteiger partial charge in [-0.2, -0.15) is 0 Å². The van der Waals surface area contributed by atoms with Crippen LogP contribution in [0, 0.1) is 5.82 Å². The van der Waals surface area contributed by atoms with Crippen molar-refractivity contribution in [2.24, 2.45) is 0 Å². The zero-order valence-corrected chi connectivity index (χ0v) is 12.5. The second kappa shape index (κ2) is 6.31. The predicted octanol–water partition coefficient (Wildman–Crippen LogP) is 2.34. The Morgan fingerprint density at radius 2 is 2.10 bits per heavy atom. The van der Waals surface area contributed by atoms with Gasteiger partial charge in [0, 0.05) is 31.3 Å². The fourth-order valence-corrected chi connectivity index (χ4v) is 2.98. The van der Waals surface area contributed by atoms with Crippen molar-refractivity contribution in [2.45, 2.75) is 26.3 Å². The molecule has 1 aliphatic rings. The molecular formula is C15H24FN3O. The molecule has 112 valence electrons. The first-order chi connectivity index (χ1) is 9.60. The maximum absolute atomic E-state index is 14.1. The second-order valence-corrected chi connectivity index (χ2v) is 5.16. The number of hydrogen-bond donors (Lipinski definition) is 1. The number of benzene rings is 1. The van der Waals surface area contributed by atoms with E-state index in [1.165, 1.54) is 6.07 Å². The number of methoxy groups -OCH3 is 1. The van der Waals surface area contributed by atoms with Crippen LogP contribution in [-0.4, -0.2) is 44.2 Å². The Hall–Kier alpha value is -1.49. The summed E-state index contributed by atoms with van der Waals surface area (Å²) in [5.74, 6) is 0.260. The van der Waals surface area contributed by atoms with Gasteiger partial charge in [-0.05, 0) is 19.5 Å². The Labute approximate surface area is 120 Å². The molecule has 1 saturated heterocycles. The highest BCUT2D eigenvalue weighted by Gasteiger charge is 2.28. The quantitative estimate of drug-likeness (QED) is 0.841. The van der Waals surface area contributed by atoms with Gasteiger partial charge in [0.05, 0.1) is 18.5 Å². The number of rotatable bonds is 5. The lowest BCUT2D eigenvalue weighted by Gasteiger charge is -2.27. The minimum atomic E-state index is -0.275. The molecule has 0 radical (unpaired) electrons. The molecule has 5 heteroatoms. The van der Waals surface area contributed by atoms with Gasteiger partial charge < -0.3 is 15.4 Å². The summed E-state index contributed by atoms with van der Waals surface area (Å²) in [6.07, 6.45) is 1.06. The highest BCUT2D eigenvalue weighted by atomic mass is 19.1. The molecule has 2 rings (SSSR count). The van der Waals surface area contributed by atoms with E-state index in [-0.39, 0.29) is 5.82 Å². The molecule has 2 N–H and O–H groups in total. The standard InChI is InChI=1S/C15H24FN3O/c1-4-18(5-2)11-6-7-19(10-11)14-9-15(20-3)13(17)8-12(14)16/h8-9,11H,4-7,10,17H2,1-3H3. The number of nitrogens with zero attached hydrogens (tertiary/aromatic N) is 2. The molecule has 1 fully saturated rings. The van der Waals surface area contributed by atoms with E-state index in [2.05, 4.69) is 23.6 Å². The molecule has 0 aromatic heterocycles. The average molecular weight is 281 g/mol. The Kier molecular flexibility index (Phi) is 4.70. The van der Waals surface area contributed by atoms with Crippen LogP contribution in [0.3, 0.4) is 0 Å². The molecule has 0 bridgehead atoms. The van der Waals surface area contributed by atoms with E-state index in [1.807, 2.05) is 0 Å². The first-order valence-electron chi connectivity index (χ1n) is 7.22. The molecule has 4 nitrogen and oxygen atoms in total. The number of hydrogen-bond acceptors (Lipinski definition) is 4. The smallest absolute Gasteiger partial charge is 0.148 e. The third kappa shape index (κ3) is 2.82. The van der Waals surface area contributed by atoms with Crippen molar-refractivity contribution in [1.82, 2.24) is 4.90 Å². The van der Waals surface area contributed by atoms with Gasteiger partial charge in [-0.1, -0.05) is 13.8 Å². The average Bonchev–Trinajstić information content (AvgIpc) is 2.90. The minimum Gasteiger partial charge on any atom is -0.495 e. The molecule has 0 amide bonds. The predicted molar refractivity (Wildman–Crippen MR) is 80.9 cm³/mol. The Bertz CT molecular complexity index is 463. The molecule has 0 saturated carbocycles. The van der Waals surface area contributed by atoms with Gasteiger partial charge in [0.25, 0.3) is 0 Å². The fourth-order valence-electron chi connectivity index (χ4n) is 2.98. The van der Waals surface area contributed by atoms with Crippen molar-refractivity contribution in [3.63, 3.8) is 0 Å². The summed E-state index contributed by atoms with van der Waals surface area (Å²) in [5, 5.41) is 0. The van der Waals surface area contributed by atoms with Crippen LogP contribution in [0.15, 0.2) is 12.1 Å². The first kappa shape index (κ1) is 14.9. The Balaban J connectivity index is 2.17. The van der Waals surface area contributed by atoms with Gasteiger partial charge in [0.15, 0.2) is 0 Å². The third-order valence-electron chi connectivity index (χ3n) is 4.13. The number of ether oxygens (including phenoxy) is 1. The van der Waals surface area contributed by atoms with E-state index in [0.29, 0.717) is 23.2 Å². The molecule has 1 unspecified atom stereocenters. The molecular weight excluding hydrogens is 257 g/mol. The van der Waals surface area contributed by atoms with Gasteiger partial charge in [-0.3, -0.25) is 4.90 Å². The van der Waals surface area contributed by atoms with Crippen molar-refractivity contribution in [3.05, 3.63) is 17.9 Å². The number of halogens is 1. The Morgan fingerprint density at radius 1 is 1.40 bits per heavy atom. The van der Waals surface area contributed by atoms with Gasteiger partial charge in [0.2, 0.25) is 0 Å². The van der Waals surface area contributed by atoms with Crippen LogP contribution in [0.1, 0.15) is 20.3 Å². The van der Waals surface area contributed by atoms with Crippen LogP contribution in [0.5, 0.6) is 5.75 Å². The summed E-state index contributed by atoms with van der Waals surface area (Å²) >= 11 is 0. The molecule has 0 aliphatic carbocycles. The fraction of sp³-hybridized carbons (Fsp3) is 0.600. The molecule has 1 heterocycles. The zero-order chi connectivity index (χ0) is 14.7. The van der Waals surface area contributed by atoms with E-state index in [9.17, 15) is 4.39 Å². The lowest BCUT2D eigenvalue weighted by Crippen LogP contribution is -2.37. The van der Waals surface area contributed by atoms with Crippen LogP contribution >= 0.6 is 0 Å². The SMILES string of the molecule is CCN(CC)C1CCN(c2cc(OC)c(N)cc2F)C1. The van der Waals surface area contributed by atoms with Crippen LogP contribution in [-0.2, 0) is 0 Å². The van der Waals surface area contributed by atoms with Crippen LogP contribution in [0.2, 0.25) is 0 Å². The van der Waals surface area contributed by atoms with Crippen LogP contribution < -0.4 is 15.4 Å². The van der Waals surface area contributed by atoms with E-state index in [1.54, 1.807) is 13.2 Å². The van der Waals surface area contributed by atoms with Crippen molar-refractivity contribution >= 4 is 11.4 Å². The number of anilines is 2. The molecule has 0 spiro atoms. The highest BCUT2D eigenvalue weighted by Crippen LogP contribution is 2.33. The lowest BCUT2D eigenvalue weighted by atomic mass is 10.2. The zero-order valence-electron chi connectivity index (χ0n) is 12.5. The topological polar surface area (TPSA) is 41.7 Å². The maximum atomic E-state index is 14.1. The number of nitrogen functional groups attached to an aromatic ring is 1. The molecule has 1 aliphatic heterocycles. The monoisotopic (exact) mass is 281 g/mol. The van der Waals surface area contributed by atoms with Gasteiger partial charge in [0.1, 0.15) is 11.6 Å². The summed E-state index contributed by atoms with van der Waals surface area (Å²) in [4.78, 5) is 4.51. The summed E-state index contributed by atoms with van der Waals surface area (Å²) in [5.41, 5.74) is 6.66. The molecule has 1 aromatic rings. The van der Waals surface area contributed by atoms with E-state index >= 15 is 0 Å². The summed E-state index contributed by atoms with van der Waals surface area (Å²) < 4.78 is 19.3. The largest absolute Gasteiger partial charge is 0.495 e. The minimum absolute atomic E-state index is 0.275. The first-order valence-corrected chi connectivity index (χ1v) is 7.22. The van der Waals surface area contributed by atoms with Gasteiger partial charge in [-0.15, -0.1) is 0 Å². The number of nitrogens with two attached hydrogens (primary N) is 1. The van der Waals surface area contributed by atoms with Crippen molar-refractivity contribution in [3.8, 4) is 5.75 Å². The molecule has 20 heavy (non-hydrogen) atoms. The van der Waals surface area contributed by atoms with Gasteiger partial charge >= 0.3 is 0 Å². The summed E-state index contributed by atoms with van der Waals surface area (Å²) in [6, 6.07) is 3.54. The summed E-state index contributed by atoms with van der Waals surface area (Å²) in [6.45, 7) is 8.11. The highest BCUT2D eigenvalue weighted by molar-refractivity contribution is 5.63. The van der Waals surface area contributed by atoms with Gasteiger partial charge in [-0.25, -0.2) is 4.39 Å². The van der Waals surface area contributed by atoms with E-state index in [0.717, 1.165) is 32.6 Å². The van der Waals surface area contributed by atoms with Crippen LogP contribution in [0.4, 0.5) is 15.8 Å². The molecule has 1 atom stereocenters. The van der Waals surface area contributed by atoms with Crippen molar-refractivity contribution in [1.29, 1.82) is 0 Å². The lowest BCUT2D eigenvalue weighted by molar-refractivity contribution is 0.232.